The number of carbonyl (C=O) groups excluding carboxylic acids is 2. The zero-order valence-corrected chi connectivity index (χ0v) is 15.3. The van der Waals surface area contributed by atoms with Crippen LogP contribution in [0.5, 0.6) is 0 Å². The zero-order valence-electron chi connectivity index (χ0n) is 14.5. The molecular weight excluding hydrogens is 371 g/mol. The monoisotopic (exact) mass is 388 g/mol. The predicted octanol–water partition coefficient (Wildman–Crippen LogP) is 2.26. The molecule has 2 heterocycles. The molecule has 27 heavy (non-hydrogen) atoms. The molecule has 140 valence electrons. The SMILES string of the molecule is Cc1ccc(CN2C(=O)N[C@]3(CCS(=O)(=O)c4ccc(F)cc43)C2=O)cc1. The van der Waals surface area contributed by atoms with Crippen molar-refractivity contribution in [3.05, 3.63) is 65.0 Å². The third kappa shape index (κ3) is 2.71. The first kappa shape index (κ1) is 17.7. The quantitative estimate of drug-likeness (QED) is 0.632. The molecule has 0 saturated carbocycles. The zero-order chi connectivity index (χ0) is 19.4. The number of aryl methyl sites for hydroxylation is 1. The molecule has 0 aromatic heterocycles. The van der Waals surface area contributed by atoms with Gasteiger partial charge in [0.1, 0.15) is 11.4 Å². The smallest absolute Gasteiger partial charge is 0.319 e. The van der Waals surface area contributed by atoms with Crippen LogP contribution in [0.4, 0.5) is 9.18 Å². The molecule has 2 aromatic rings. The van der Waals surface area contributed by atoms with E-state index in [1.807, 2.05) is 31.2 Å². The van der Waals surface area contributed by atoms with Crippen LogP contribution < -0.4 is 5.32 Å². The van der Waals surface area contributed by atoms with Crippen LogP contribution in [0.15, 0.2) is 47.4 Å². The Morgan fingerprint density at radius 3 is 2.56 bits per heavy atom. The van der Waals surface area contributed by atoms with Gasteiger partial charge >= 0.3 is 6.03 Å². The molecule has 1 fully saturated rings. The maximum absolute atomic E-state index is 13.9. The van der Waals surface area contributed by atoms with Crippen molar-refractivity contribution in [1.82, 2.24) is 10.2 Å². The summed E-state index contributed by atoms with van der Waals surface area (Å²) in [7, 11) is -3.63. The average Bonchev–Trinajstić information content (AvgIpc) is 2.86. The standard InChI is InChI=1S/C19H17FN2O4S/c1-12-2-4-13(5-3-12)11-22-17(23)19(21-18(22)24)8-9-27(25,26)16-7-6-14(20)10-15(16)19/h2-7,10H,8-9,11H2,1H3,(H,21,24)/t19-/m0/s1. The summed E-state index contributed by atoms with van der Waals surface area (Å²) < 4.78 is 38.6. The second-order valence-electron chi connectivity index (χ2n) is 6.92. The summed E-state index contributed by atoms with van der Waals surface area (Å²) >= 11 is 0. The van der Waals surface area contributed by atoms with Crippen LogP contribution in [0, 0.1) is 12.7 Å². The van der Waals surface area contributed by atoms with Crippen molar-refractivity contribution in [1.29, 1.82) is 0 Å². The third-order valence-corrected chi connectivity index (χ3v) is 6.89. The molecule has 2 aliphatic rings. The van der Waals surface area contributed by atoms with Crippen molar-refractivity contribution in [2.45, 2.75) is 30.3 Å². The summed E-state index contributed by atoms with van der Waals surface area (Å²) in [6.45, 7) is 1.99. The number of nitrogens with zero attached hydrogens (tertiary/aromatic N) is 1. The van der Waals surface area contributed by atoms with Crippen LogP contribution in [-0.2, 0) is 26.7 Å². The number of rotatable bonds is 2. The Labute approximate surface area is 155 Å². The molecule has 0 aliphatic carbocycles. The lowest BCUT2D eigenvalue weighted by molar-refractivity contribution is -0.132. The Kier molecular flexibility index (Phi) is 3.85. The minimum atomic E-state index is -3.63. The number of urea groups is 1. The van der Waals surface area contributed by atoms with E-state index >= 15 is 0 Å². The van der Waals surface area contributed by atoms with E-state index in [9.17, 15) is 22.4 Å². The number of sulfone groups is 1. The summed E-state index contributed by atoms with van der Waals surface area (Å²) in [6, 6.07) is 10.0. The molecular formula is C19H17FN2O4S. The van der Waals surface area contributed by atoms with Gasteiger partial charge in [0.25, 0.3) is 5.91 Å². The lowest BCUT2D eigenvalue weighted by Crippen LogP contribution is -2.48. The first-order chi connectivity index (χ1) is 12.7. The summed E-state index contributed by atoms with van der Waals surface area (Å²) in [5.74, 6) is -1.52. The number of nitrogens with one attached hydrogen (secondary N) is 1. The van der Waals surface area contributed by atoms with Gasteiger partial charge in [0.15, 0.2) is 9.84 Å². The summed E-state index contributed by atoms with van der Waals surface area (Å²) in [6.07, 6.45) is -0.124. The predicted molar refractivity (Wildman–Crippen MR) is 95.0 cm³/mol. The molecule has 1 N–H and O–H groups in total. The fraction of sp³-hybridized carbons (Fsp3) is 0.263. The van der Waals surface area contributed by atoms with Gasteiger partial charge in [-0.1, -0.05) is 29.8 Å². The Bertz CT molecular complexity index is 1070. The van der Waals surface area contributed by atoms with Gasteiger partial charge in [-0.05, 0) is 37.1 Å². The molecule has 3 amide bonds. The number of benzene rings is 2. The fourth-order valence-corrected chi connectivity index (χ4v) is 5.28. The molecule has 2 aliphatic heterocycles. The van der Waals surface area contributed by atoms with Gasteiger partial charge in [-0.25, -0.2) is 17.6 Å². The fourth-order valence-electron chi connectivity index (χ4n) is 3.64. The van der Waals surface area contributed by atoms with Crippen molar-refractivity contribution in [3.8, 4) is 0 Å². The number of imide groups is 1. The van der Waals surface area contributed by atoms with Gasteiger partial charge in [-0.3, -0.25) is 9.69 Å². The molecule has 1 spiro atoms. The van der Waals surface area contributed by atoms with Crippen LogP contribution in [0.25, 0.3) is 0 Å². The van der Waals surface area contributed by atoms with E-state index < -0.39 is 33.1 Å². The molecule has 1 saturated heterocycles. The van der Waals surface area contributed by atoms with Crippen LogP contribution in [0.3, 0.4) is 0 Å². The van der Waals surface area contributed by atoms with Gasteiger partial charge in [-0.15, -0.1) is 0 Å². The van der Waals surface area contributed by atoms with E-state index in [1.54, 1.807) is 0 Å². The van der Waals surface area contributed by atoms with Crippen molar-refractivity contribution >= 4 is 21.8 Å². The van der Waals surface area contributed by atoms with Crippen LogP contribution >= 0.6 is 0 Å². The molecule has 0 unspecified atom stereocenters. The van der Waals surface area contributed by atoms with E-state index in [4.69, 9.17) is 0 Å². The normalized spacial score (nSPS) is 23.4. The minimum absolute atomic E-state index is 0.00138. The van der Waals surface area contributed by atoms with E-state index in [0.29, 0.717) is 0 Å². The third-order valence-electron chi connectivity index (χ3n) is 5.12. The maximum Gasteiger partial charge on any atom is 0.325 e. The van der Waals surface area contributed by atoms with Crippen molar-refractivity contribution < 1.29 is 22.4 Å². The largest absolute Gasteiger partial charge is 0.325 e. The lowest BCUT2D eigenvalue weighted by atomic mass is 9.86. The highest BCUT2D eigenvalue weighted by Crippen LogP contribution is 2.41. The Hall–Kier alpha value is -2.74. The Balaban J connectivity index is 1.77. The number of fused-ring (bicyclic) bond motifs is 2. The molecule has 2 aromatic carbocycles. The van der Waals surface area contributed by atoms with Gasteiger partial charge < -0.3 is 5.32 Å². The highest BCUT2D eigenvalue weighted by molar-refractivity contribution is 7.91. The van der Waals surface area contributed by atoms with Crippen molar-refractivity contribution in [3.63, 3.8) is 0 Å². The number of halogens is 1. The first-order valence-corrected chi connectivity index (χ1v) is 10.1. The highest BCUT2D eigenvalue weighted by atomic mass is 32.2. The van der Waals surface area contributed by atoms with Gasteiger partial charge in [0.2, 0.25) is 0 Å². The van der Waals surface area contributed by atoms with E-state index in [2.05, 4.69) is 5.32 Å². The Morgan fingerprint density at radius 1 is 1.15 bits per heavy atom. The van der Waals surface area contributed by atoms with E-state index in [-0.39, 0.29) is 29.2 Å². The second-order valence-corrected chi connectivity index (χ2v) is 9.00. The van der Waals surface area contributed by atoms with Crippen LogP contribution in [0.2, 0.25) is 0 Å². The molecule has 0 bridgehead atoms. The van der Waals surface area contributed by atoms with Crippen LogP contribution in [0.1, 0.15) is 23.1 Å². The minimum Gasteiger partial charge on any atom is -0.319 e. The van der Waals surface area contributed by atoms with Gasteiger partial charge in [-0.2, -0.15) is 0 Å². The number of hydrogen-bond donors (Lipinski definition) is 1. The second kappa shape index (κ2) is 5.88. The molecule has 4 rings (SSSR count). The van der Waals surface area contributed by atoms with Gasteiger partial charge in [0.05, 0.1) is 17.2 Å². The van der Waals surface area contributed by atoms with E-state index in [0.717, 1.165) is 34.2 Å². The molecule has 6 nitrogen and oxygen atoms in total. The topological polar surface area (TPSA) is 83.6 Å². The summed E-state index contributed by atoms with van der Waals surface area (Å²) in [5, 5.41) is 2.63. The molecule has 1 atom stereocenters. The summed E-state index contributed by atoms with van der Waals surface area (Å²) in [5.41, 5.74) is 0.265. The number of hydrogen-bond acceptors (Lipinski definition) is 4. The molecule has 8 heteroatoms. The number of amides is 3. The van der Waals surface area contributed by atoms with E-state index in [1.165, 1.54) is 0 Å². The van der Waals surface area contributed by atoms with Crippen molar-refractivity contribution in [2.24, 2.45) is 0 Å². The Morgan fingerprint density at radius 2 is 1.85 bits per heavy atom. The van der Waals surface area contributed by atoms with Crippen molar-refractivity contribution in [2.75, 3.05) is 5.75 Å². The lowest BCUT2D eigenvalue weighted by Gasteiger charge is -2.33. The first-order valence-electron chi connectivity index (χ1n) is 8.45. The number of carbonyl (C=O) groups is 2. The molecule has 0 radical (unpaired) electrons. The maximum atomic E-state index is 13.9. The van der Waals surface area contributed by atoms with Gasteiger partial charge in [0, 0.05) is 5.56 Å². The summed E-state index contributed by atoms with van der Waals surface area (Å²) in [4.78, 5) is 26.7. The van der Waals surface area contributed by atoms with Crippen LogP contribution in [-0.4, -0.2) is 31.0 Å². The highest BCUT2D eigenvalue weighted by Gasteiger charge is 2.56. The average molecular weight is 388 g/mol.